The molecule has 3 amide bonds. The summed E-state index contributed by atoms with van der Waals surface area (Å²) in [5.41, 5.74) is 1.52. The predicted octanol–water partition coefficient (Wildman–Crippen LogP) is 1.78. The number of thioether (sulfide) groups is 1. The van der Waals surface area contributed by atoms with Crippen LogP contribution in [0.1, 0.15) is 28.9 Å². The molecule has 4 unspecified atom stereocenters. The molecule has 32 heavy (non-hydrogen) atoms. The fourth-order valence-electron chi connectivity index (χ4n) is 5.04. The van der Waals surface area contributed by atoms with Crippen LogP contribution in [0.2, 0.25) is 0 Å². The monoisotopic (exact) mass is 456 g/mol. The fourth-order valence-corrected chi connectivity index (χ4v) is 6.35. The second-order valence-corrected chi connectivity index (χ2v) is 9.82. The third kappa shape index (κ3) is 3.58. The number of benzene rings is 1. The third-order valence-corrected chi connectivity index (χ3v) is 8.10. The molecule has 4 atom stereocenters. The van der Waals surface area contributed by atoms with E-state index in [1.165, 1.54) is 12.1 Å². The molecular weight excluding hydrogens is 431 g/mol. The molecule has 0 aliphatic carbocycles. The first-order chi connectivity index (χ1) is 15.4. The molecule has 0 radical (unpaired) electrons. The molecule has 0 bridgehead atoms. The molecule has 7 nitrogen and oxygen atoms in total. The summed E-state index contributed by atoms with van der Waals surface area (Å²) in [4.78, 5) is 42.8. The molecule has 3 aliphatic rings. The minimum atomic E-state index is -0.635. The molecule has 0 saturated carbocycles. The van der Waals surface area contributed by atoms with Crippen molar-refractivity contribution in [3.8, 4) is 0 Å². The molecule has 168 valence electrons. The third-order valence-electron chi connectivity index (χ3n) is 6.68. The number of halogens is 1. The van der Waals surface area contributed by atoms with E-state index in [0.717, 1.165) is 12.0 Å². The topological polar surface area (TPSA) is 74.7 Å². The van der Waals surface area contributed by atoms with Gasteiger partial charge in [-0.3, -0.25) is 14.4 Å². The quantitative estimate of drug-likeness (QED) is 0.745. The lowest BCUT2D eigenvalue weighted by Gasteiger charge is -2.41. The summed E-state index contributed by atoms with van der Waals surface area (Å²) in [6.45, 7) is 1.01. The standard InChI is InChI=1S/C23H25FN4O3S/c1-26-10-2-3-17(26)21(29)25-16-8-11-27-19(16)22(30)28-12-9-18(20(28)23(27)31)32-13-14-4-6-15(24)7-5-14/h2-7,10,16,18-20H,8-9,11-13H2,1H3,(H,25,29). The fraction of sp³-hybridized carbons (Fsp3) is 0.435. The summed E-state index contributed by atoms with van der Waals surface area (Å²) in [5, 5.41) is 2.99. The second kappa shape index (κ2) is 8.27. The highest BCUT2D eigenvalue weighted by Gasteiger charge is 2.56. The molecule has 1 aromatic heterocycles. The van der Waals surface area contributed by atoms with Crippen molar-refractivity contribution in [3.05, 3.63) is 59.7 Å². The van der Waals surface area contributed by atoms with E-state index < -0.39 is 12.1 Å². The van der Waals surface area contributed by atoms with Gasteiger partial charge in [-0.1, -0.05) is 12.1 Å². The number of rotatable bonds is 5. The summed E-state index contributed by atoms with van der Waals surface area (Å²) >= 11 is 1.64. The Balaban J connectivity index is 1.28. The molecule has 2 aromatic rings. The highest BCUT2D eigenvalue weighted by atomic mass is 32.2. The van der Waals surface area contributed by atoms with Crippen LogP contribution in [-0.4, -0.2) is 68.6 Å². The van der Waals surface area contributed by atoms with Gasteiger partial charge in [0.25, 0.3) is 5.91 Å². The van der Waals surface area contributed by atoms with Crippen molar-refractivity contribution in [3.63, 3.8) is 0 Å². The van der Waals surface area contributed by atoms with E-state index in [0.29, 0.717) is 31.0 Å². The van der Waals surface area contributed by atoms with Crippen LogP contribution >= 0.6 is 11.8 Å². The van der Waals surface area contributed by atoms with Crippen molar-refractivity contribution >= 4 is 29.5 Å². The van der Waals surface area contributed by atoms with Crippen LogP contribution in [0.15, 0.2) is 42.6 Å². The maximum Gasteiger partial charge on any atom is 0.268 e. The number of hydrogen-bond donors (Lipinski definition) is 1. The lowest BCUT2D eigenvalue weighted by atomic mass is 10.0. The van der Waals surface area contributed by atoms with E-state index in [9.17, 15) is 18.8 Å². The highest BCUT2D eigenvalue weighted by Crippen LogP contribution is 2.38. The van der Waals surface area contributed by atoms with Gasteiger partial charge in [0, 0.05) is 37.3 Å². The van der Waals surface area contributed by atoms with Crippen LogP contribution in [0.4, 0.5) is 4.39 Å². The Morgan fingerprint density at radius 3 is 2.47 bits per heavy atom. The first kappa shape index (κ1) is 21.1. The van der Waals surface area contributed by atoms with E-state index in [-0.39, 0.29) is 34.8 Å². The number of aryl methyl sites for hydroxylation is 1. The molecule has 4 heterocycles. The van der Waals surface area contributed by atoms with Gasteiger partial charge in [0.15, 0.2) is 0 Å². The van der Waals surface area contributed by atoms with E-state index in [4.69, 9.17) is 0 Å². The van der Waals surface area contributed by atoms with Crippen LogP contribution < -0.4 is 5.32 Å². The van der Waals surface area contributed by atoms with Crippen molar-refractivity contribution in [2.75, 3.05) is 13.1 Å². The van der Waals surface area contributed by atoms with Crippen molar-refractivity contribution in [2.45, 2.75) is 42.0 Å². The maximum absolute atomic E-state index is 13.4. The number of fused-ring (bicyclic) bond motifs is 2. The van der Waals surface area contributed by atoms with Gasteiger partial charge >= 0.3 is 0 Å². The number of nitrogens with zero attached hydrogens (tertiary/aromatic N) is 3. The number of carbonyl (C=O) groups is 3. The van der Waals surface area contributed by atoms with E-state index >= 15 is 0 Å². The number of carbonyl (C=O) groups excluding carboxylic acids is 3. The van der Waals surface area contributed by atoms with Crippen LogP contribution in [0, 0.1) is 5.82 Å². The van der Waals surface area contributed by atoms with Gasteiger partial charge < -0.3 is 19.7 Å². The zero-order valence-corrected chi connectivity index (χ0v) is 18.6. The number of nitrogens with one attached hydrogen (secondary N) is 1. The molecule has 1 N–H and O–H groups in total. The van der Waals surface area contributed by atoms with E-state index in [1.807, 2.05) is 0 Å². The average molecular weight is 457 g/mol. The van der Waals surface area contributed by atoms with Gasteiger partial charge in [-0.2, -0.15) is 11.8 Å². The second-order valence-electron chi connectivity index (χ2n) is 8.59. The van der Waals surface area contributed by atoms with Crippen molar-refractivity contribution in [1.82, 2.24) is 19.7 Å². The average Bonchev–Trinajstić information content (AvgIpc) is 3.50. The summed E-state index contributed by atoms with van der Waals surface area (Å²) < 4.78 is 14.9. The number of amides is 3. The lowest BCUT2D eigenvalue weighted by molar-refractivity contribution is -0.157. The molecule has 3 aliphatic heterocycles. The first-order valence-electron chi connectivity index (χ1n) is 10.8. The van der Waals surface area contributed by atoms with Gasteiger partial charge in [-0.05, 0) is 42.7 Å². The Morgan fingerprint density at radius 2 is 1.75 bits per heavy atom. The molecule has 3 saturated heterocycles. The summed E-state index contributed by atoms with van der Waals surface area (Å²) in [7, 11) is 1.80. The minimum Gasteiger partial charge on any atom is -0.347 e. The molecule has 3 fully saturated rings. The summed E-state index contributed by atoms with van der Waals surface area (Å²) in [5.74, 6) is 0.0530. The van der Waals surface area contributed by atoms with Crippen LogP contribution in [0.3, 0.4) is 0 Å². The molecule has 0 spiro atoms. The highest BCUT2D eigenvalue weighted by molar-refractivity contribution is 7.99. The molecule has 1 aromatic carbocycles. The maximum atomic E-state index is 13.4. The largest absolute Gasteiger partial charge is 0.347 e. The van der Waals surface area contributed by atoms with Crippen LogP contribution in [0.5, 0.6) is 0 Å². The zero-order valence-electron chi connectivity index (χ0n) is 17.7. The smallest absolute Gasteiger partial charge is 0.268 e. The lowest BCUT2D eigenvalue weighted by Crippen LogP contribution is -2.65. The molecule has 5 rings (SSSR count). The molecule has 9 heteroatoms. The van der Waals surface area contributed by atoms with Gasteiger partial charge in [-0.15, -0.1) is 0 Å². The van der Waals surface area contributed by atoms with Crippen molar-refractivity contribution < 1.29 is 18.8 Å². The van der Waals surface area contributed by atoms with E-state index in [2.05, 4.69) is 5.32 Å². The Morgan fingerprint density at radius 1 is 1.06 bits per heavy atom. The van der Waals surface area contributed by atoms with E-state index in [1.54, 1.807) is 63.6 Å². The van der Waals surface area contributed by atoms with Gasteiger partial charge in [0.05, 0.1) is 6.04 Å². The normalized spacial score (nSPS) is 26.9. The summed E-state index contributed by atoms with van der Waals surface area (Å²) in [6.07, 6.45) is 3.10. The summed E-state index contributed by atoms with van der Waals surface area (Å²) in [6, 6.07) is 8.41. The SMILES string of the molecule is Cn1cccc1C(=O)NC1CCN2C(=O)C3C(SCc4ccc(F)cc4)CCN3C(=O)C12. The number of piperazine rings is 1. The Hall–Kier alpha value is -2.81. The minimum absolute atomic E-state index is 0.00876. The predicted molar refractivity (Wildman–Crippen MR) is 118 cm³/mol. The van der Waals surface area contributed by atoms with Crippen molar-refractivity contribution in [1.29, 1.82) is 0 Å². The Labute approximate surface area is 189 Å². The number of aromatic nitrogens is 1. The first-order valence-corrected chi connectivity index (χ1v) is 11.9. The molecular formula is C23H25FN4O3S. The van der Waals surface area contributed by atoms with Gasteiger partial charge in [0.1, 0.15) is 23.6 Å². The zero-order chi connectivity index (χ0) is 22.4. The Bertz CT molecular complexity index is 1060. The van der Waals surface area contributed by atoms with Crippen LogP contribution in [0.25, 0.3) is 0 Å². The van der Waals surface area contributed by atoms with Gasteiger partial charge in [-0.25, -0.2) is 4.39 Å². The van der Waals surface area contributed by atoms with Crippen LogP contribution in [-0.2, 0) is 22.4 Å². The van der Waals surface area contributed by atoms with Crippen molar-refractivity contribution in [2.24, 2.45) is 7.05 Å². The van der Waals surface area contributed by atoms with Gasteiger partial charge in [0.2, 0.25) is 11.8 Å². The number of hydrogen-bond acceptors (Lipinski definition) is 4. The Kier molecular flexibility index (Phi) is 5.44.